The highest BCUT2D eigenvalue weighted by atomic mass is 16.5. The number of aromatic carboxylic acids is 1. The van der Waals surface area contributed by atoms with Crippen molar-refractivity contribution >= 4 is 41.0 Å². The van der Waals surface area contributed by atoms with E-state index >= 15 is 0 Å². The molecule has 3 aromatic carbocycles. The number of benzene rings is 3. The molecule has 0 radical (unpaired) electrons. The average Bonchev–Trinajstić information content (AvgIpc) is 2.79. The minimum Gasteiger partial charge on any atom is -0.478 e. The largest absolute Gasteiger partial charge is 0.478 e. The highest BCUT2D eigenvalue weighted by Gasteiger charge is 2.22. The average molecular weight is 460 g/mol. The van der Waals surface area contributed by atoms with Crippen LogP contribution in [0.15, 0.2) is 71.7 Å². The zero-order valence-electron chi connectivity index (χ0n) is 17.9. The number of carbonyl (C=O) groups is 4. The van der Waals surface area contributed by atoms with Gasteiger partial charge in [0.05, 0.1) is 28.1 Å². The number of hydrogen-bond acceptors (Lipinski definition) is 6. The summed E-state index contributed by atoms with van der Waals surface area (Å²) in [7, 11) is 0. The molecule has 10 nitrogen and oxygen atoms in total. The molecule has 0 atom stereocenters. The van der Waals surface area contributed by atoms with Crippen molar-refractivity contribution in [3.8, 4) is 5.75 Å². The molecule has 0 bridgehead atoms. The van der Waals surface area contributed by atoms with E-state index in [0.29, 0.717) is 5.69 Å². The number of aliphatic imine (C=N–C) groups is 1. The molecule has 0 fully saturated rings. The van der Waals surface area contributed by atoms with Crippen molar-refractivity contribution < 1.29 is 29.0 Å². The standard InChI is InChI=1S/C24H20N4O6/c1-13(29)16-6-4-7-18(20(16)22(31)32)28-21(30)17-5-2-3-8-19(17)34-23(33)14-9-11-15(12-10-14)27-24(25)26/h2-12H,1H3,(H,28,30)(H,31,32)(H4,25,26,27). The summed E-state index contributed by atoms with van der Waals surface area (Å²) in [4.78, 5) is 52.9. The SMILES string of the molecule is CC(=O)c1cccc(NC(=O)c2ccccc2OC(=O)c2ccc(N=C(N)N)cc2)c1C(=O)O. The molecule has 172 valence electrons. The second-order valence-corrected chi connectivity index (χ2v) is 7.01. The van der Waals surface area contributed by atoms with Gasteiger partial charge < -0.3 is 26.6 Å². The van der Waals surface area contributed by atoms with Gasteiger partial charge in [-0.15, -0.1) is 0 Å². The number of nitrogens with two attached hydrogens (primary N) is 2. The zero-order chi connectivity index (χ0) is 24.8. The Morgan fingerprint density at radius 2 is 1.53 bits per heavy atom. The predicted molar refractivity (Wildman–Crippen MR) is 125 cm³/mol. The zero-order valence-corrected chi connectivity index (χ0v) is 17.9. The molecule has 0 unspecified atom stereocenters. The van der Waals surface area contributed by atoms with Gasteiger partial charge in [-0.3, -0.25) is 9.59 Å². The quantitative estimate of drug-likeness (QED) is 0.137. The molecular formula is C24H20N4O6. The summed E-state index contributed by atoms with van der Waals surface area (Å²) in [5.74, 6) is -3.47. The summed E-state index contributed by atoms with van der Waals surface area (Å²) in [5, 5.41) is 12.0. The number of ketones is 1. The van der Waals surface area contributed by atoms with Gasteiger partial charge in [-0.2, -0.15) is 0 Å². The predicted octanol–water partition coefficient (Wildman–Crippen LogP) is 2.96. The summed E-state index contributed by atoms with van der Waals surface area (Å²) in [5.41, 5.74) is 10.8. The maximum atomic E-state index is 12.9. The number of carbonyl (C=O) groups excluding carboxylic acids is 3. The van der Waals surface area contributed by atoms with Crippen molar-refractivity contribution in [2.75, 3.05) is 5.32 Å². The first-order valence-electron chi connectivity index (χ1n) is 9.87. The minimum atomic E-state index is -1.37. The van der Waals surface area contributed by atoms with Crippen LogP contribution in [-0.2, 0) is 0 Å². The Balaban J connectivity index is 1.86. The third-order valence-corrected chi connectivity index (χ3v) is 4.60. The van der Waals surface area contributed by atoms with Gasteiger partial charge in [0, 0.05) is 5.56 Å². The fourth-order valence-corrected chi connectivity index (χ4v) is 3.09. The van der Waals surface area contributed by atoms with Gasteiger partial charge in [0.1, 0.15) is 5.75 Å². The smallest absolute Gasteiger partial charge is 0.343 e. The number of hydrogen-bond donors (Lipinski definition) is 4. The Morgan fingerprint density at radius 3 is 2.15 bits per heavy atom. The van der Waals surface area contributed by atoms with Crippen LogP contribution in [0.4, 0.5) is 11.4 Å². The van der Waals surface area contributed by atoms with E-state index in [1.165, 1.54) is 61.5 Å². The number of anilines is 1. The van der Waals surface area contributed by atoms with Crippen LogP contribution in [-0.4, -0.2) is 34.7 Å². The monoisotopic (exact) mass is 460 g/mol. The first kappa shape index (κ1) is 23.7. The Morgan fingerprint density at radius 1 is 0.882 bits per heavy atom. The lowest BCUT2D eigenvalue weighted by Crippen LogP contribution is -2.21. The molecule has 0 heterocycles. The van der Waals surface area contributed by atoms with Crippen molar-refractivity contribution in [3.63, 3.8) is 0 Å². The fourth-order valence-electron chi connectivity index (χ4n) is 3.09. The van der Waals surface area contributed by atoms with Crippen LogP contribution in [0, 0.1) is 0 Å². The number of para-hydroxylation sites is 1. The molecule has 34 heavy (non-hydrogen) atoms. The molecule has 3 aromatic rings. The van der Waals surface area contributed by atoms with Gasteiger partial charge in [-0.25, -0.2) is 14.6 Å². The number of nitrogens with one attached hydrogen (secondary N) is 1. The van der Waals surface area contributed by atoms with Gasteiger partial charge in [-0.05, 0) is 49.4 Å². The molecule has 10 heteroatoms. The van der Waals surface area contributed by atoms with Crippen LogP contribution in [0.1, 0.15) is 48.4 Å². The normalized spacial score (nSPS) is 10.1. The fraction of sp³-hybridized carbons (Fsp3) is 0.0417. The van der Waals surface area contributed by atoms with E-state index in [9.17, 15) is 24.3 Å². The summed E-state index contributed by atoms with van der Waals surface area (Å²) in [6.45, 7) is 1.23. The maximum Gasteiger partial charge on any atom is 0.343 e. The molecule has 0 aliphatic rings. The van der Waals surface area contributed by atoms with Crippen LogP contribution in [0.25, 0.3) is 0 Å². The number of guanidine groups is 1. The lowest BCUT2D eigenvalue weighted by Gasteiger charge is -2.13. The second-order valence-electron chi connectivity index (χ2n) is 7.01. The molecule has 0 saturated carbocycles. The first-order valence-corrected chi connectivity index (χ1v) is 9.87. The highest BCUT2D eigenvalue weighted by molar-refractivity contribution is 6.13. The van der Waals surface area contributed by atoms with Gasteiger partial charge in [0.25, 0.3) is 5.91 Å². The van der Waals surface area contributed by atoms with Gasteiger partial charge in [-0.1, -0.05) is 24.3 Å². The number of carboxylic acids is 1. The number of Topliss-reactive ketones (excluding diaryl/α,β-unsaturated/α-hetero) is 1. The van der Waals surface area contributed by atoms with Crippen molar-refractivity contribution in [1.82, 2.24) is 0 Å². The van der Waals surface area contributed by atoms with Crippen LogP contribution in [0.5, 0.6) is 5.75 Å². The number of nitrogens with zero attached hydrogens (tertiary/aromatic N) is 1. The molecule has 3 rings (SSSR count). The molecule has 1 amide bonds. The van der Waals surface area contributed by atoms with Crippen molar-refractivity contribution in [2.24, 2.45) is 16.5 Å². The Labute approximate surface area is 193 Å². The van der Waals surface area contributed by atoms with Crippen LogP contribution in [0.3, 0.4) is 0 Å². The summed E-state index contributed by atoms with van der Waals surface area (Å²) < 4.78 is 5.40. The number of rotatable bonds is 7. The number of carboxylic acid groups (broad SMARTS) is 1. The van der Waals surface area contributed by atoms with E-state index in [0.717, 1.165) is 0 Å². The van der Waals surface area contributed by atoms with Gasteiger partial charge in [0.2, 0.25) is 0 Å². The van der Waals surface area contributed by atoms with Crippen molar-refractivity contribution in [1.29, 1.82) is 0 Å². The summed E-state index contributed by atoms with van der Waals surface area (Å²) >= 11 is 0. The maximum absolute atomic E-state index is 12.9. The summed E-state index contributed by atoms with van der Waals surface area (Å²) in [6.07, 6.45) is 0. The highest BCUT2D eigenvalue weighted by Crippen LogP contribution is 2.25. The van der Waals surface area contributed by atoms with E-state index in [4.69, 9.17) is 16.2 Å². The van der Waals surface area contributed by atoms with Crippen LogP contribution in [0.2, 0.25) is 0 Å². The second kappa shape index (κ2) is 10.1. The molecule has 0 aliphatic carbocycles. The molecule has 0 spiro atoms. The van der Waals surface area contributed by atoms with Gasteiger partial charge >= 0.3 is 11.9 Å². The van der Waals surface area contributed by atoms with Crippen LogP contribution >= 0.6 is 0 Å². The van der Waals surface area contributed by atoms with E-state index < -0.39 is 23.6 Å². The Hall–Kier alpha value is -4.99. The van der Waals surface area contributed by atoms with Crippen LogP contribution < -0.4 is 21.5 Å². The van der Waals surface area contributed by atoms with Crippen molar-refractivity contribution in [3.05, 3.63) is 89.0 Å². The number of ether oxygens (including phenoxy) is 1. The van der Waals surface area contributed by atoms with Gasteiger partial charge in [0.15, 0.2) is 11.7 Å². The Bertz CT molecular complexity index is 1310. The minimum absolute atomic E-state index is 0.0162. The van der Waals surface area contributed by atoms with Crippen molar-refractivity contribution in [2.45, 2.75) is 6.92 Å². The molecule has 0 aromatic heterocycles. The van der Waals surface area contributed by atoms with E-state index in [-0.39, 0.29) is 39.7 Å². The lowest BCUT2D eigenvalue weighted by atomic mass is 10.0. The molecule has 6 N–H and O–H groups in total. The lowest BCUT2D eigenvalue weighted by molar-refractivity contribution is 0.0691. The van der Waals surface area contributed by atoms with E-state index in [2.05, 4.69) is 10.3 Å². The van der Waals surface area contributed by atoms with E-state index in [1.54, 1.807) is 12.1 Å². The molecular weight excluding hydrogens is 440 g/mol. The Kier molecular flexibility index (Phi) is 7.02. The third-order valence-electron chi connectivity index (χ3n) is 4.60. The number of esters is 1. The molecule has 0 aliphatic heterocycles. The first-order chi connectivity index (χ1) is 16.2. The molecule has 0 saturated heterocycles. The topological polar surface area (TPSA) is 174 Å². The number of amides is 1. The summed E-state index contributed by atoms with van der Waals surface area (Å²) in [6, 6.07) is 16.1. The third kappa shape index (κ3) is 5.43. The van der Waals surface area contributed by atoms with E-state index in [1.807, 2.05) is 0 Å².